The largest absolute Gasteiger partial charge is 0.341 e. The molecule has 25 heavy (non-hydrogen) atoms. The molecule has 1 aliphatic carbocycles. The SMILES string of the molecule is O=C(NC1(c2ccccc2)CCCC1)c1cn(C2CCNCC2)nn1. The summed E-state index contributed by atoms with van der Waals surface area (Å²) in [5.74, 6) is -0.120. The van der Waals surface area contributed by atoms with Gasteiger partial charge in [0.15, 0.2) is 5.69 Å². The molecule has 1 amide bonds. The Morgan fingerprint density at radius 2 is 1.88 bits per heavy atom. The molecular weight excluding hydrogens is 314 g/mol. The van der Waals surface area contributed by atoms with Crippen LogP contribution in [0.25, 0.3) is 0 Å². The van der Waals surface area contributed by atoms with Gasteiger partial charge in [-0.2, -0.15) is 0 Å². The second-order valence-corrected chi connectivity index (χ2v) is 7.17. The van der Waals surface area contributed by atoms with Crippen LogP contribution in [0.15, 0.2) is 36.5 Å². The van der Waals surface area contributed by atoms with Crippen molar-refractivity contribution < 1.29 is 4.79 Å². The van der Waals surface area contributed by atoms with E-state index in [9.17, 15) is 4.79 Å². The lowest BCUT2D eigenvalue weighted by Gasteiger charge is -2.30. The molecule has 4 rings (SSSR count). The molecule has 1 aromatic carbocycles. The molecule has 0 atom stereocenters. The fourth-order valence-electron chi connectivity index (χ4n) is 4.13. The number of carbonyl (C=O) groups is 1. The summed E-state index contributed by atoms with van der Waals surface area (Å²) in [5.41, 5.74) is 1.34. The highest BCUT2D eigenvalue weighted by Crippen LogP contribution is 2.38. The molecule has 2 aromatic rings. The first-order valence-electron chi connectivity index (χ1n) is 9.27. The molecule has 6 nitrogen and oxygen atoms in total. The quantitative estimate of drug-likeness (QED) is 0.897. The summed E-state index contributed by atoms with van der Waals surface area (Å²) in [5, 5.41) is 15.0. The van der Waals surface area contributed by atoms with Gasteiger partial charge in [-0.05, 0) is 44.3 Å². The molecule has 6 heteroatoms. The van der Waals surface area contributed by atoms with Crippen molar-refractivity contribution in [2.45, 2.75) is 50.1 Å². The zero-order valence-electron chi connectivity index (χ0n) is 14.4. The van der Waals surface area contributed by atoms with Crippen LogP contribution in [0.3, 0.4) is 0 Å². The van der Waals surface area contributed by atoms with Gasteiger partial charge >= 0.3 is 0 Å². The Hall–Kier alpha value is -2.21. The average Bonchev–Trinajstić information content (AvgIpc) is 3.34. The van der Waals surface area contributed by atoms with Crippen molar-refractivity contribution in [3.05, 3.63) is 47.8 Å². The number of benzene rings is 1. The maximum absolute atomic E-state index is 12.8. The predicted molar refractivity (Wildman–Crippen MR) is 95.2 cm³/mol. The van der Waals surface area contributed by atoms with Gasteiger partial charge in [-0.1, -0.05) is 48.4 Å². The van der Waals surface area contributed by atoms with Gasteiger partial charge in [0.2, 0.25) is 0 Å². The van der Waals surface area contributed by atoms with Crippen LogP contribution in [-0.2, 0) is 5.54 Å². The molecule has 2 N–H and O–H groups in total. The molecule has 2 fully saturated rings. The molecule has 1 aromatic heterocycles. The van der Waals surface area contributed by atoms with Crippen LogP contribution in [0.4, 0.5) is 0 Å². The Balaban J connectivity index is 1.51. The van der Waals surface area contributed by atoms with Crippen LogP contribution in [0.1, 0.15) is 60.6 Å². The normalized spacial score (nSPS) is 20.5. The van der Waals surface area contributed by atoms with E-state index in [-0.39, 0.29) is 11.4 Å². The fraction of sp³-hybridized carbons (Fsp3) is 0.526. The number of carbonyl (C=O) groups excluding carboxylic acids is 1. The zero-order valence-corrected chi connectivity index (χ0v) is 14.4. The van der Waals surface area contributed by atoms with Crippen molar-refractivity contribution in [3.63, 3.8) is 0 Å². The summed E-state index contributed by atoms with van der Waals surface area (Å²) in [6.07, 6.45) is 8.08. The molecule has 0 bridgehead atoms. The first-order chi connectivity index (χ1) is 12.3. The molecule has 0 radical (unpaired) electrons. The zero-order chi connectivity index (χ0) is 17.1. The topological polar surface area (TPSA) is 71.8 Å². The lowest BCUT2D eigenvalue weighted by Crippen LogP contribution is -2.44. The number of nitrogens with one attached hydrogen (secondary N) is 2. The van der Waals surface area contributed by atoms with Crippen molar-refractivity contribution >= 4 is 5.91 Å². The Labute approximate surface area is 148 Å². The van der Waals surface area contributed by atoms with Crippen molar-refractivity contribution in [2.24, 2.45) is 0 Å². The first-order valence-corrected chi connectivity index (χ1v) is 9.27. The van der Waals surface area contributed by atoms with Gasteiger partial charge in [-0.3, -0.25) is 4.79 Å². The predicted octanol–water partition coefficient (Wildman–Crippen LogP) is 2.40. The molecule has 0 unspecified atom stereocenters. The van der Waals surface area contributed by atoms with E-state index in [1.807, 2.05) is 22.9 Å². The van der Waals surface area contributed by atoms with Gasteiger partial charge in [-0.25, -0.2) is 4.68 Å². The van der Waals surface area contributed by atoms with E-state index in [4.69, 9.17) is 0 Å². The highest BCUT2D eigenvalue weighted by atomic mass is 16.2. The Morgan fingerprint density at radius 1 is 1.16 bits per heavy atom. The third-order valence-corrected chi connectivity index (χ3v) is 5.56. The number of rotatable bonds is 4. The number of hydrogen-bond donors (Lipinski definition) is 2. The average molecular weight is 339 g/mol. The number of aromatic nitrogens is 3. The van der Waals surface area contributed by atoms with Crippen LogP contribution in [0.2, 0.25) is 0 Å². The molecule has 1 saturated carbocycles. The van der Waals surface area contributed by atoms with Crippen LogP contribution >= 0.6 is 0 Å². The summed E-state index contributed by atoms with van der Waals surface area (Å²) >= 11 is 0. The van der Waals surface area contributed by atoms with E-state index in [0.29, 0.717) is 11.7 Å². The van der Waals surface area contributed by atoms with Gasteiger partial charge in [0.25, 0.3) is 5.91 Å². The maximum Gasteiger partial charge on any atom is 0.274 e. The third-order valence-electron chi connectivity index (χ3n) is 5.56. The monoisotopic (exact) mass is 339 g/mol. The summed E-state index contributed by atoms with van der Waals surface area (Å²) < 4.78 is 1.86. The third kappa shape index (κ3) is 3.31. The summed E-state index contributed by atoms with van der Waals surface area (Å²) in [6.45, 7) is 1.98. The van der Waals surface area contributed by atoms with Crippen LogP contribution < -0.4 is 10.6 Å². The molecule has 132 valence electrons. The van der Waals surface area contributed by atoms with Gasteiger partial charge < -0.3 is 10.6 Å². The van der Waals surface area contributed by atoms with E-state index >= 15 is 0 Å². The van der Waals surface area contributed by atoms with Crippen LogP contribution in [0.5, 0.6) is 0 Å². The van der Waals surface area contributed by atoms with E-state index in [1.165, 1.54) is 5.56 Å². The van der Waals surface area contributed by atoms with Gasteiger partial charge in [-0.15, -0.1) is 5.10 Å². The van der Waals surface area contributed by atoms with Gasteiger partial charge in [0, 0.05) is 0 Å². The number of piperidine rings is 1. The molecule has 2 aliphatic rings. The number of nitrogens with zero attached hydrogens (tertiary/aromatic N) is 3. The lowest BCUT2D eigenvalue weighted by atomic mass is 9.88. The smallest absolute Gasteiger partial charge is 0.274 e. The summed E-state index contributed by atoms with van der Waals surface area (Å²) in [4.78, 5) is 12.8. The second kappa shape index (κ2) is 6.96. The van der Waals surface area contributed by atoms with Gasteiger partial charge in [0.1, 0.15) is 0 Å². The van der Waals surface area contributed by atoms with Crippen LogP contribution in [-0.4, -0.2) is 34.0 Å². The standard InChI is InChI=1S/C19H25N5O/c25-18(17-14-24(23-22-17)16-8-12-20-13-9-16)21-19(10-4-5-11-19)15-6-2-1-3-7-15/h1-3,6-7,14,16,20H,4-5,8-13H2,(H,21,25). The van der Waals surface area contributed by atoms with Crippen LogP contribution in [0, 0.1) is 0 Å². The Bertz CT molecular complexity index is 714. The van der Waals surface area contributed by atoms with Crippen molar-refractivity contribution in [2.75, 3.05) is 13.1 Å². The van der Waals surface area contributed by atoms with Gasteiger partial charge in [0.05, 0.1) is 17.8 Å². The molecule has 1 saturated heterocycles. The number of amides is 1. The highest BCUT2D eigenvalue weighted by molar-refractivity contribution is 5.92. The highest BCUT2D eigenvalue weighted by Gasteiger charge is 2.37. The molecule has 1 aliphatic heterocycles. The first kappa shape index (κ1) is 16.3. The fourth-order valence-corrected chi connectivity index (χ4v) is 4.13. The lowest BCUT2D eigenvalue weighted by molar-refractivity contribution is 0.0893. The second-order valence-electron chi connectivity index (χ2n) is 7.17. The maximum atomic E-state index is 12.8. The van der Waals surface area contributed by atoms with E-state index in [0.717, 1.165) is 51.6 Å². The van der Waals surface area contributed by atoms with E-state index in [1.54, 1.807) is 6.20 Å². The van der Waals surface area contributed by atoms with Crippen molar-refractivity contribution in [3.8, 4) is 0 Å². The molecular formula is C19H25N5O. The molecule has 2 heterocycles. The number of hydrogen-bond acceptors (Lipinski definition) is 4. The summed E-state index contributed by atoms with van der Waals surface area (Å²) in [7, 11) is 0. The Kier molecular flexibility index (Phi) is 4.53. The summed E-state index contributed by atoms with van der Waals surface area (Å²) in [6, 6.07) is 10.6. The van der Waals surface area contributed by atoms with E-state index in [2.05, 4.69) is 33.1 Å². The minimum Gasteiger partial charge on any atom is -0.341 e. The van der Waals surface area contributed by atoms with Crippen molar-refractivity contribution in [1.29, 1.82) is 0 Å². The van der Waals surface area contributed by atoms with Crippen molar-refractivity contribution in [1.82, 2.24) is 25.6 Å². The Morgan fingerprint density at radius 3 is 2.60 bits per heavy atom. The minimum atomic E-state index is -0.267. The molecule has 0 spiro atoms. The van der Waals surface area contributed by atoms with E-state index < -0.39 is 0 Å². The minimum absolute atomic E-state index is 0.120.